The molecule has 1 fully saturated rings. The van der Waals surface area contributed by atoms with Gasteiger partial charge < -0.3 is 25.0 Å². The van der Waals surface area contributed by atoms with Gasteiger partial charge in [0.15, 0.2) is 0 Å². The lowest BCUT2D eigenvalue weighted by atomic mass is 10.0. The van der Waals surface area contributed by atoms with Crippen LogP contribution in [0.25, 0.3) is 0 Å². The van der Waals surface area contributed by atoms with Crippen molar-refractivity contribution in [3.05, 3.63) is 76.2 Å². The lowest BCUT2D eigenvalue weighted by Crippen LogP contribution is -2.58. The number of rotatable bonds is 8. The largest absolute Gasteiger partial charge is 0.481 e. The van der Waals surface area contributed by atoms with Crippen molar-refractivity contribution in [2.45, 2.75) is 38.4 Å². The van der Waals surface area contributed by atoms with Crippen molar-refractivity contribution >= 4 is 46.6 Å². The van der Waals surface area contributed by atoms with E-state index in [9.17, 15) is 24.3 Å². The summed E-state index contributed by atoms with van der Waals surface area (Å²) in [6, 6.07) is 11.0. The summed E-state index contributed by atoms with van der Waals surface area (Å²) in [5.74, 6) is -1.62. The molecular weight excluding hydrogens is 534 g/mol. The maximum absolute atomic E-state index is 13.2. The lowest BCUT2D eigenvalue weighted by Gasteiger charge is -2.45. The second kappa shape index (κ2) is 12.6. The van der Waals surface area contributed by atoms with Gasteiger partial charge in [-0.1, -0.05) is 6.07 Å². The molecule has 1 aromatic carbocycles. The minimum absolute atomic E-state index is 0.103. The summed E-state index contributed by atoms with van der Waals surface area (Å²) in [4.78, 5) is 58.6. The number of hydrogen-bond donors (Lipinski definition) is 3. The molecule has 0 aliphatic carbocycles. The van der Waals surface area contributed by atoms with Crippen LogP contribution in [0.1, 0.15) is 51.9 Å². The van der Waals surface area contributed by atoms with E-state index >= 15 is 0 Å². The summed E-state index contributed by atoms with van der Waals surface area (Å²) in [6.45, 7) is 4.85. The second-order valence-electron chi connectivity index (χ2n) is 9.54. The van der Waals surface area contributed by atoms with Crippen LogP contribution in [0.2, 0.25) is 0 Å². The predicted octanol–water partition coefficient (Wildman–Crippen LogP) is 4.01. The van der Waals surface area contributed by atoms with Crippen molar-refractivity contribution in [3.63, 3.8) is 0 Å². The SMILES string of the molecule is COC(=O)Nc1cc(C(=O)NC(CC(=O)O)c2cccs2)ccc1N1CC(C)N(C(=O)c2cccnc2)CC1C. The van der Waals surface area contributed by atoms with Gasteiger partial charge in [-0.05, 0) is 55.6 Å². The molecule has 2 aromatic heterocycles. The number of nitrogens with zero attached hydrogens (tertiary/aromatic N) is 3. The summed E-state index contributed by atoms with van der Waals surface area (Å²) in [7, 11) is 1.25. The first kappa shape index (κ1) is 28.6. The fraction of sp³-hybridized carbons (Fsp3) is 0.321. The lowest BCUT2D eigenvalue weighted by molar-refractivity contribution is -0.137. The number of carbonyl (C=O) groups is 4. The molecule has 11 nitrogen and oxygen atoms in total. The van der Waals surface area contributed by atoms with Crippen LogP contribution in [-0.4, -0.2) is 71.2 Å². The first-order valence-electron chi connectivity index (χ1n) is 12.7. The average Bonchev–Trinajstić information content (AvgIpc) is 3.49. The molecule has 3 aromatic rings. The third-order valence-electron chi connectivity index (χ3n) is 6.72. The summed E-state index contributed by atoms with van der Waals surface area (Å²) >= 11 is 1.36. The number of benzene rings is 1. The first-order chi connectivity index (χ1) is 19.2. The molecule has 12 heteroatoms. The predicted molar refractivity (Wildman–Crippen MR) is 151 cm³/mol. The molecule has 3 atom stereocenters. The van der Waals surface area contributed by atoms with Crippen molar-refractivity contribution in [3.8, 4) is 0 Å². The van der Waals surface area contributed by atoms with E-state index in [1.807, 2.05) is 19.2 Å². The summed E-state index contributed by atoms with van der Waals surface area (Å²) in [5.41, 5.74) is 1.78. The standard InChI is InChI=1S/C28H31N5O6S/c1-17-16-33(27(37)20-6-4-10-29-14-20)18(2)15-32(17)23-9-8-19(12-21(23)31-28(38)39-3)26(36)30-22(13-25(34)35)24-7-5-11-40-24/h4-12,14,17-18,22H,13,15-16H2,1-3H3,(H,30,36)(H,31,38)(H,34,35). The van der Waals surface area contributed by atoms with Crippen LogP contribution in [0.15, 0.2) is 60.2 Å². The number of aromatic nitrogens is 1. The van der Waals surface area contributed by atoms with Gasteiger partial charge >= 0.3 is 12.1 Å². The highest BCUT2D eigenvalue weighted by molar-refractivity contribution is 7.10. The Balaban J connectivity index is 1.58. The number of amides is 3. The molecule has 4 rings (SSSR count). The van der Waals surface area contributed by atoms with Gasteiger partial charge in [0, 0.05) is 48.0 Å². The Morgan fingerprint density at radius 2 is 1.90 bits per heavy atom. The van der Waals surface area contributed by atoms with Crippen LogP contribution in [-0.2, 0) is 9.53 Å². The molecule has 3 amide bonds. The number of pyridine rings is 1. The number of carboxylic acid groups (broad SMARTS) is 1. The van der Waals surface area contributed by atoms with Crippen molar-refractivity contribution in [2.24, 2.45) is 0 Å². The third kappa shape index (κ3) is 6.57. The van der Waals surface area contributed by atoms with Crippen molar-refractivity contribution in [1.82, 2.24) is 15.2 Å². The molecule has 0 saturated carbocycles. The average molecular weight is 566 g/mol. The Kier molecular flexibility index (Phi) is 9.00. The van der Waals surface area contributed by atoms with E-state index < -0.39 is 24.0 Å². The molecule has 40 heavy (non-hydrogen) atoms. The fourth-order valence-corrected chi connectivity index (χ4v) is 5.50. The molecule has 0 spiro atoms. The Bertz CT molecular complexity index is 1370. The van der Waals surface area contributed by atoms with Gasteiger partial charge in [0.1, 0.15) is 0 Å². The number of hydrogen-bond acceptors (Lipinski definition) is 8. The molecule has 1 saturated heterocycles. The number of thiophene rings is 1. The zero-order chi connectivity index (χ0) is 28.8. The minimum atomic E-state index is -1.04. The number of carbonyl (C=O) groups excluding carboxylic acids is 3. The van der Waals surface area contributed by atoms with E-state index in [0.29, 0.717) is 30.0 Å². The molecule has 3 heterocycles. The number of carboxylic acids is 1. The van der Waals surface area contributed by atoms with E-state index in [4.69, 9.17) is 4.74 Å². The monoisotopic (exact) mass is 565 g/mol. The minimum Gasteiger partial charge on any atom is -0.481 e. The van der Waals surface area contributed by atoms with Gasteiger partial charge in [0.25, 0.3) is 11.8 Å². The van der Waals surface area contributed by atoms with E-state index in [1.165, 1.54) is 18.4 Å². The maximum Gasteiger partial charge on any atom is 0.411 e. The Labute approximate surface area is 235 Å². The van der Waals surface area contributed by atoms with Gasteiger partial charge in [0.2, 0.25) is 0 Å². The van der Waals surface area contributed by atoms with Gasteiger partial charge in [-0.2, -0.15) is 0 Å². The van der Waals surface area contributed by atoms with Gasteiger partial charge in [-0.25, -0.2) is 4.79 Å². The highest BCUT2D eigenvalue weighted by Gasteiger charge is 2.34. The Hall–Kier alpha value is -4.45. The quantitative estimate of drug-likeness (QED) is 0.372. The number of methoxy groups -OCH3 is 1. The summed E-state index contributed by atoms with van der Waals surface area (Å²) < 4.78 is 4.81. The molecule has 1 aliphatic rings. The third-order valence-corrected chi connectivity index (χ3v) is 7.70. The maximum atomic E-state index is 13.2. The van der Waals surface area contributed by atoms with Gasteiger partial charge in [-0.3, -0.25) is 24.7 Å². The number of aliphatic carboxylic acids is 1. The Morgan fingerprint density at radius 1 is 1.10 bits per heavy atom. The van der Waals surface area contributed by atoms with Crippen LogP contribution in [0.5, 0.6) is 0 Å². The molecule has 3 unspecified atom stereocenters. The number of nitrogens with one attached hydrogen (secondary N) is 2. The van der Waals surface area contributed by atoms with E-state index in [-0.39, 0.29) is 30.0 Å². The number of ether oxygens (including phenoxy) is 1. The first-order valence-corrected chi connectivity index (χ1v) is 13.6. The molecule has 0 bridgehead atoms. The normalized spacial score (nSPS) is 17.6. The number of anilines is 2. The smallest absolute Gasteiger partial charge is 0.411 e. The van der Waals surface area contributed by atoms with Crippen molar-refractivity contribution in [1.29, 1.82) is 0 Å². The van der Waals surface area contributed by atoms with Gasteiger partial charge in [0.05, 0.1) is 36.5 Å². The van der Waals surface area contributed by atoms with E-state index in [2.05, 4.69) is 20.5 Å². The van der Waals surface area contributed by atoms with Crippen molar-refractivity contribution < 1.29 is 29.0 Å². The van der Waals surface area contributed by atoms with Crippen LogP contribution in [0, 0.1) is 0 Å². The van der Waals surface area contributed by atoms with Crippen LogP contribution in [0.4, 0.5) is 16.2 Å². The summed E-state index contributed by atoms with van der Waals surface area (Å²) in [6.07, 6.45) is 2.20. The van der Waals surface area contributed by atoms with Crippen molar-refractivity contribution in [2.75, 3.05) is 30.4 Å². The zero-order valence-corrected chi connectivity index (χ0v) is 23.2. The summed E-state index contributed by atoms with van der Waals surface area (Å²) in [5, 5.41) is 16.6. The molecule has 3 N–H and O–H groups in total. The zero-order valence-electron chi connectivity index (χ0n) is 22.4. The molecule has 210 valence electrons. The topological polar surface area (TPSA) is 141 Å². The van der Waals surface area contributed by atoms with Crippen LogP contribution < -0.4 is 15.5 Å². The van der Waals surface area contributed by atoms with Gasteiger partial charge in [-0.15, -0.1) is 11.3 Å². The van der Waals surface area contributed by atoms with Crippen LogP contribution in [0.3, 0.4) is 0 Å². The number of piperazine rings is 1. The Morgan fingerprint density at radius 3 is 2.55 bits per heavy atom. The van der Waals surface area contributed by atoms with E-state index in [1.54, 1.807) is 59.8 Å². The second-order valence-corrected chi connectivity index (χ2v) is 10.5. The molecule has 0 radical (unpaired) electrons. The molecular formula is C28H31N5O6S. The molecule has 1 aliphatic heterocycles. The van der Waals surface area contributed by atoms with Crippen LogP contribution >= 0.6 is 11.3 Å². The fourth-order valence-electron chi connectivity index (χ4n) is 4.72. The highest BCUT2D eigenvalue weighted by Crippen LogP contribution is 2.33. The van der Waals surface area contributed by atoms with E-state index in [0.717, 1.165) is 4.88 Å². The highest BCUT2D eigenvalue weighted by atomic mass is 32.1.